The summed E-state index contributed by atoms with van der Waals surface area (Å²) in [7, 11) is 0. The first kappa shape index (κ1) is 17.0. The van der Waals surface area contributed by atoms with Gasteiger partial charge in [0.25, 0.3) is 0 Å². The number of nitrogens with one attached hydrogen (secondary N) is 1. The van der Waals surface area contributed by atoms with Gasteiger partial charge in [0.1, 0.15) is 0 Å². The summed E-state index contributed by atoms with van der Waals surface area (Å²) in [4.78, 5) is 25.6. The molecule has 1 fully saturated rings. The van der Waals surface area contributed by atoms with E-state index in [1.54, 1.807) is 0 Å². The van der Waals surface area contributed by atoms with Crippen LogP contribution in [-0.2, 0) is 9.59 Å². The lowest BCUT2D eigenvalue weighted by atomic mass is 9.97. The molecule has 0 saturated carbocycles. The predicted octanol–water partition coefficient (Wildman–Crippen LogP) is 1.27. The Hall–Kier alpha value is -1.10. The second-order valence-corrected chi connectivity index (χ2v) is 5.83. The standard InChI is InChI=1S/C15H29N3O2/c1-4-6-13(19)17-12-7-9-18(10-8-12)15(20)14(16)11(3)5-2/h11-12,14H,4-10,16H2,1-3H3,(H,17,19)/t11?,14-/m0/s1. The first-order valence-corrected chi connectivity index (χ1v) is 7.83. The summed E-state index contributed by atoms with van der Waals surface area (Å²) in [6.07, 6.45) is 4.02. The lowest BCUT2D eigenvalue weighted by molar-refractivity contribution is -0.135. The highest BCUT2D eigenvalue weighted by molar-refractivity contribution is 5.82. The van der Waals surface area contributed by atoms with Crippen LogP contribution in [0, 0.1) is 5.92 Å². The van der Waals surface area contributed by atoms with Gasteiger partial charge in [0.15, 0.2) is 0 Å². The summed E-state index contributed by atoms with van der Waals surface area (Å²) in [6, 6.07) is -0.191. The van der Waals surface area contributed by atoms with Gasteiger partial charge in [-0.15, -0.1) is 0 Å². The van der Waals surface area contributed by atoms with Gasteiger partial charge in [-0.25, -0.2) is 0 Å². The van der Waals surface area contributed by atoms with Crippen molar-refractivity contribution in [2.75, 3.05) is 13.1 Å². The second kappa shape index (κ2) is 8.25. The van der Waals surface area contributed by atoms with E-state index in [0.29, 0.717) is 19.5 Å². The van der Waals surface area contributed by atoms with Gasteiger partial charge in [-0.3, -0.25) is 9.59 Å². The average Bonchev–Trinajstić information content (AvgIpc) is 2.46. The van der Waals surface area contributed by atoms with Crippen molar-refractivity contribution in [1.82, 2.24) is 10.2 Å². The number of hydrogen-bond donors (Lipinski definition) is 2. The second-order valence-electron chi connectivity index (χ2n) is 5.83. The molecule has 5 heteroatoms. The van der Waals surface area contributed by atoms with E-state index in [2.05, 4.69) is 5.32 Å². The Morgan fingerprint density at radius 2 is 1.90 bits per heavy atom. The Morgan fingerprint density at radius 1 is 1.30 bits per heavy atom. The normalized spacial score (nSPS) is 19.5. The third-order valence-electron chi connectivity index (χ3n) is 4.19. The number of amides is 2. The van der Waals surface area contributed by atoms with Gasteiger partial charge in [0.05, 0.1) is 6.04 Å². The van der Waals surface area contributed by atoms with E-state index < -0.39 is 6.04 Å². The van der Waals surface area contributed by atoms with Crippen LogP contribution in [0.5, 0.6) is 0 Å². The van der Waals surface area contributed by atoms with Crippen LogP contribution in [0.1, 0.15) is 52.9 Å². The van der Waals surface area contributed by atoms with Crippen LogP contribution in [0.4, 0.5) is 0 Å². The van der Waals surface area contributed by atoms with Crippen molar-refractivity contribution in [3.8, 4) is 0 Å². The molecular weight excluding hydrogens is 254 g/mol. The fraction of sp³-hybridized carbons (Fsp3) is 0.867. The number of likely N-dealkylation sites (tertiary alicyclic amines) is 1. The monoisotopic (exact) mass is 283 g/mol. The molecule has 0 aliphatic carbocycles. The highest BCUT2D eigenvalue weighted by atomic mass is 16.2. The van der Waals surface area contributed by atoms with Gasteiger partial charge in [-0.2, -0.15) is 0 Å². The van der Waals surface area contributed by atoms with Gasteiger partial charge in [0.2, 0.25) is 11.8 Å². The van der Waals surface area contributed by atoms with Gasteiger partial charge in [-0.05, 0) is 25.2 Å². The average molecular weight is 283 g/mol. The molecule has 0 aromatic rings. The van der Waals surface area contributed by atoms with E-state index in [-0.39, 0.29) is 23.8 Å². The zero-order valence-corrected chi connectivity index (χ0v) is 13.0. The maximum absolute atomic E-state index is 12.2. The van der Waals surface area contributed by atoms with Crippen LogP contribution in [0.25, 0.3) is 0 Å². The molecule has 0 bridgehead atoms. The van der Waals surface area contributed by atoms with Crippen molar-refractivity contribution in [1.29, 1.82) is 0 Å². The highest BCUT2D eigenvalue weighted by Gasteiger charge is 2.28. The van der Waals surface area contributed by atoms with Gasteiger partial charge in [0, 0.05) is 25.6 Å². The molecular formula is C15H29N3O2. The molecule has 20 heavy (non-hydrogen) atoms. The molecule has 1 rings (SSSR count). The molecule has 2 atom stereocenters. The zero-order valence-electron chi connectivity index (χ0n) is 13.0. The van der Waals surface area contributed by atoms with Crippen molar-refractivity contribution in [2.24, 2.45) is 11.7 Å². The molecule has 0 aromatic carbocycles. The summed E-state index contributed by atoms with van der Waals surface area (Å²) in [5.74, 6) is 0.385. The van der Waals surface area contributed by atoms with Crippen LogP contribution < -0.4 is 11.1 Å². The van der Waals surface area contributed by atoms with E-state index in [9.17, 15) is 9.59 Å². The van der Waals surface area contributed by atoms with Gasteiger partial charge < -0.3 is 16.0 Å². The van der Waals surface area contributed by atoms with E-state index in [0.717, 1.165) is 25.7 Å². The number of rotatable bonds is 6. The molecule has 1 aliphatic heterocycles. The molecule has 0 radical (unpaired) electrons. The summed E-state index contributed by atoms with van der Waals surface area (Å²) >= 11 is 0. The van der Waals surface area contributed by atoms with Crippen molar-refractivity contribution in [3.05, 3.63) is 0 Å². The summed E-state index contributed by atoms with van der Waals surface area (Å²) < 4.78 is 0. The molecule has 1 saturated heterocycles. The largest absolute Gasteiger partial charge is 0.353 e. The number of nitrogens with two attached hydrogens (primary N) is 1. The lowest BCUT2D eigenvalue weighted by Gasteiger charge is -2.34. The van der Waals surface area contributed by atoms with Crippen molar-refractivity contribution >= 4 is 11.8 Å². The minimum absolute atomic E-state index is 0.0534. The first-order chi connectivity index (χ1) is 9.49. The Balaban J connectivity index is 2.38. The number of carbonyl (C=O) groups excluding carboxylic acids is 2. The lowest BCUT2D eigenvalue weighted by Crippen LogP contribution is -2.52. The van der Waals surface area contributed by atoms with Crippen molar-refractivity contribution < 1.29 is 9.59 Å². The summed E-state index contributed by atoms with van der Waals surface area (Å²) in [6.45, 7) is 7.45. The van der Waals surface area contributed by atoms with E-state index >= 15 is 0 Å². The highest BCUT2D eigenvalue weighted by Crippen LogP contribution is 2.15. The summed E-state index contributed by atoms with van der Waals surface area (Å²) in [5, 5.41) is 3.03. The molecule has 5 nitrogen and oxygen atoms in total. The van der Waals surface area contributed by atoms with Gasteiger partial charge in [-0.1, -0.05) is 27.2 Å². The zero-order chi connectivity index (χ0) is 15.1. The Bertz CT molecular complexity index is 325. The Labute approximate surface area is 122 Å². The molecule has 116 valence electrons. The van der Waals surface area contributed by atoms with Crippen LogP contribution >= 0.6 is 0 Å². The molecule has 3 N–H and O–H groups in total. The fourth-order valence-corrected chi connectivity index (χ4v) is 2.48. The van der Waals surface area contributed by atoms with E-state index in [4.69, 9.17) is 5.73 Å². The third kappa shape index (κ3) is 4.78. The topological polar surface area (TPSA) is 75.4 Å². The minimum Gasteiger partial charge on any atom is -0.353 e. The smallest absolute Gasteiger partial charge is 0.239 e. The van der Waals surface area contributed by atoms with E-state index in [1.807, 2.05) is 25.7 Å². The minimum atomic E-state index is -0.397. The Morgan fingerprint density at radius 3 is 2.40 bits per heavy atom. The quantitative estimate of drug-likeness (QED) is 0.770. The fourth-order valence-electron chi connectivity index (χ4n) is 2.48. The molecule has 0 aromatic heterocycles. The Kier molecular flexibility index (Phi) is 6.99. The molecule has 1 aliphatic rings. The molecule has 2 amide bonds. The molecule has 1 heterocycles. The van der Waals surface area contributed by atoms with Crippen molar-refractivity contribution in [2.45, 2.75) is 65.0 Å². The number of piperidine rings is 1. The first-order valence-electron chi connectivity index (χ1n) is 7.83. The number of hydrogen-bond acceptors (Lipinski definition) is 3. The third-order valence-corrected chi connectivity index (χ3v) is 4.19. The van der Waals surface area contributed by atoms with Crippen LogP contribution in [-0.4, -0.2) is 41.9 Å². The predicted molar refractivity (Wildman–Crippen MR) is 80.1 cm³/mol. The van der Waals surface area contributed by atoms with Crippen LogP contribution in [0.15, 0.2) is 0 Å². The summed E-state index contributed by atoms with van der Waals surface area (Å²) in [5.41, 5.74) is 6.00. The SMILES string of the molecule is CCCC(=O)NC1CCN(C(=O)[C@@H](N)C(C)CC)CC1. The number of nitrogens with zero attached hydrogens (tertiary/aromatic N) is 1. The van der Waals surface area contributed by atoms with Crippen molar-refractivity contribution in [3.63, 3.8) is 0 Å². The maximum Gasteiger partial charge on any atom is 0.239 e. The van der Waals surface area contributed by atoms with E-state index in [1.165, 1.54) is 0 Å². The maximum atomic E-state index is 12.2. The van der Waals surface area contributed by atoms with Gasteiger partial charge >= 0.3 is 0 Å². The molecule has 0 spiro atoms. The van der Waals surface area contributed by atoms with Crippen LogP contribution in [0.3, 0.4) is 0 Å². The van der Waals surface area contributed by atoms with Crippen LogP contribution in [0.2, 0.25) is 0 Å². The number of carbonyl (C=O) groups is 2. The molecule has 1 unspecified atom stereocenters.